The summed E-state index contributed by atoms with van der Waals surface area (Å²) in [5.74, 6) is -2.16. The van der Waals surface area contributed by atoms with Gasteiger partial charge in [0, 0.05) is 17.6 Å². The van der Waals surface area contributed by atoms with Gasteiger partial charge in [-0.15, -0.1) is 0 Å². The van der Waals surface area contributed by atoms with Crippen molar-refractivity contribution < 1.29 is 14.3 Å². The van der Waals surface area contributed by atoms with Crippen LogP contribution in [0.15, 0.2) is 48.7 Å². The average Bonchev–Trinajstić information content (AvgIpc) is 2.47. The number of halogens is 1. The van der Waals surface area contributed by atoms with Gasteiger partial charge in [-0.2, -0.15) is 9.37 Å². The number of carbonyl (C=O) groups is 1. The van der Waals surface area contributed by atoms with Gasteiger partial charge in [-0.25, -0.2) is 0 Å². The van der Waals surface area contributed by atoms with E-state index < -0.39 is 17.7 Å². The first-order valence-corrected chi connectivity index (χ1v) is 6.16. The summed E-state index contributed by atoms with van der Waals surface area (Å²) in [7, 11) is 0. The predicted octanol–water partition coefficient (Wildman–Crippen LogP) is 2.73. The zero-order valence-electron chi connectivity index (χ0n) is 10.7. The van der Waals surface area contributed by atoms with Crippen LogP contribution in [0.25, 0.3) is 10.9 Å². The minimum absolute atomic E-state index is 0.249. The number of aromatic nitrogens is 2. The number of pyridine rings is 2. The van der Waals surface area contributed by atoms with Gasteiger partial charge in [-0.05, 0) is 18.2 Å². The first-order valence-electron chi connectivity index (χ1n) is 6.16. The smallest absolute Gasteiger partial charge is 0.260 e. The molecule has 0 atom stereocenters. The summed E-state index contributed by atoms with van der Waals surface area (Å²) in [6, 6.07) is 11.3. The molecule has 0 bridgehead atoms. The Morgan fingerprint density at radius 1 is 1.14 bits per heavy atom. The molecule has 3 aromatic rings. The molecule has 21 heavy (non-hydrogen) atoms. The van der Waals surface area contributed by atoms with Crippen molar-refractivity contribution in [3.8, 4) is 5.88 Å². The molecule has 2 heterocycles. The van der Waals surface area contributed by atoms with Crippen molar-refractivity contribution in [2.45, 2.75) is 0 Å². The Balaban J connectivity index is 1.97. The lowest BCUT2D eigenvalue weighted by atomic mass is 10.2. The fraction of sp³-hybridized carbons (Fsp3) is 0. The molecule has 0 aliphatic carbocycles. The van der Waals surface area contributed by atoms with Crippen LogP contribution in [-0.4, -0.2) is 21.0 Å². The van der Waals surface area contributed by atoms with Crippen molar-refractivity contribution in [2.75, 3.05) is 5.32 Å². The monoisotopic (exact) mass is 283 g/mol. The lowest BCUT2D eigenvalue weighted by Gasteiger charge is -2.08. The van der Waals surface area contributed by atoms with Crippen LogP contribution in [0.4, 0.5) is 10.1 Å². The van der Waals surface area contributed by atoms with Crippen molar-refractivity contribution >= 4 is 22.5 Å². The van der Waals surface area contributed by atoms with Gasteiger partial charge >= 0.3 is 0 Å². The van der Waals surface area contributed by atoms with Crippen LogP contribution in [-0.2, 0) is 0 Å². The Labute approximate surface area is 119 Å². The highest BCUT2D eigenvalue weighted by Gasteiger charge is 2.15. The van der Waals surface area contributed by atoms with E-state index >= 15 is 0 Å². The van der Waals surface area contributed by atoms with Gasteiger partial charge < -0.3 is 10.4 Å². The van der Waals surface area contributed by atoms with Gasteiger partial charge in [0.25, 0.3) is 5.91 Å². The van der Waals surface area contributed by atoms with Gasteiger partial charge in [0.1, 0.15) is 0 Å². The lowest BCUT2D eigenvalue weighted by molar-refractivity contribution is 0.102. The van der Waals surface area contributed by atoms with Crippen molar-refractivity contribution in [3.63, 3.8) is 0 Å². The summed E-state index contributed by atoms with van der Waals surface area (Å²) in [6.07, 6.45) is 1.61. The summed E-state index contributed by atoms with van der Waals surface area (Å²) >= 11 is 0. The SMILES string of the molecule is O=C(Nc1cccc2cccnc12)c1ccc(O)nc1F. The van der Waals surface area contributed by atoms with Crippen molar-refractivity contribution in [1.82, 2.24) is 9.97 Å². The van der Waals surface area contributed by atoms with Gasteiger partial charge in [0.2, 0.25) is 11.8 Å². The molecular weight excluding hydrogens is 273 g/mol. The molecule has 0 fully saturated rings. The Morgan fingerprint density at radius 2 is 1.95 bits per heavy atom. The maximum atomic E-state index is 13.6. The van der Waals surface area contributed by atoms with Crippen LogP contribution in [0, 0.1) is 5.95 Å². The van der Waals surface area contributed by atoms with Crippen LogP contribution in [0.5, 0.6) is 5.88 Å². The highest BCUT2D eigenvalue weighted by molar-refractivity contribution is 6.08. The van der Waals surface area contributed by atoms with Crippen LogP contribution >= 0.6 is 0 Å². The molecule has 0 radical (unpaired) electrons. The van der Waals surface area contributed by atoms with E-state index in [9.17, 15) is 9.18 Å². The maximum Gasteiger partial charge on any atom is 0.260 e. The van der Waals surface area contributed by atoms with E-state index in [1.165, 1.54) is 6.07 Å². The van der Waals surface area contributed by atoms with Crippen molar-refractivity contribution in [1.29, 1.82) is 0 Å². The van der Waals surface area contributed by atoms with E-state index in [2.05, 4.69) is 15.3 Å². The predicted molar refractivity (Wildman–Crippen MR) is 75.6 cm³/mol. The number of anilines is 1. The first-order chi connectivity index (χ1) is 10.1. The van der Waals surface area contributed by atoms with Gasteiger partial charge in [0.15, 0.2) is 0 Å². The number of hydrogen-bond donors (Lipinski definition) is 2. The van der Waals surface area contributed by atoms with Crippen LogP contribution in [0.3, 0.4) is 0 Å². The van der Waals surface area contributed by atoms with E-state index in [0.717, 1.165) is 11.5 Å². The van der Waals surface area contributed by atoms with Gasteiger partial charge in [-0.3, -0.25) is 9.78 Å². The number of nitrogens with zero attached hydrogens (tertiary/aromatic N) is 2. The maximum absolute atomic E-state index is 13.6. The zero-order chi connectivity index (χ0) is 14.8. The molecule has 0 aliphatic heterocycles. The Bertz CT molecular complexity index is 831. The molecule has 0 saturated heterocycles. The Hall–Kier alpha value is -3.02. The number of amides is 1. The number of fused-ring (bicyclic) bond motifs is 1. The number of benzene rings is 1. The molecule has 0 spiro atoms. The third-order valence-corrected chi connectivity index (χ3v) is 2.96. The van der Waals surface area contributed by atoms with Crippen LogP contribution in [0.1, 0.15) is 10.4 Å². The number of para-hydroxylation sites is 1. The third-order valence-electron chi connectivity index (χ3n) is 2.96. The van der Waals surface area contributed by atoms with Crippen LogP contribution in [0.2, 0.25) is 0 Å². The van der Waals surface area contributed by atoms with E-state index in [-0.39, 0.29) is 5.56 Å². The van der Waals surface area contributed by atoms with Gasteiger partial charge in [-0.1, -0.05) is 18.2 Å². The van der Waals surface area contributed by atoms with Crippen molar-refractivity contribution in [2.24, 2.45) is 0 Å². The Kier molecular flexibility index (Phi) is 3.19. The standard InChI is InChI=1S/C15H10FN3O2/c16-14-10(6-7-12(20)19-14)15(21)18-11-5-1-3-9-4-2-8-17-13(9)11/h1-8H,(H,18,21)(H,19,20). The minimum atomic E-state index is -1.03. The number of nitrogens with one attached hydrogen (secondary N) is 1. The zero-order valence-corrected chi connectivity index (χ0v) is 10.7. The molecule has 2 N–H and O–H groups in total. The molecule has 3 rings (SSSR count). The average molecular weight is 283 g/mol. The quantitative estimate of drug-likeness (QED) is 0.709. The molecule has 2 aromatic heterocycles. The second-order valence-corrected chi connectivity index (χ2v) is 4.34. The highest BCUT2D eigenvalue weighted by Crippen LogP contribution is 2.21. The fourth-order valence-electron chi connectivity index (χ4n) is 1.99. The van der Waals surface area contributed by atoms with Gasteiger partial charge in [0.05, 0.1) is 16.8 Å². The first kappa shape index (κ1) is 13.0. The molecule has 1 aromatic carbocycles. The number of hydrogen-bond acceptors (Lipinski definition) is 4. The van der Waals surface area contributed by atoms with E-state index in [0.29, 0.717) is 11.2 Å². The molecule has 6 heteroatoms. The van der Waals surface area contributed by atoms with Crippen molar-refractivity contribution in [3.05, 3.63) is 60.2 Å². The third kappa shape index (κ3) is 2.51. The normalized spacial score (nSPS) is 10.5. The molecular formula is C15H10FN3O2. The summed E-state index contributed by atoms with van der Waals surface area (Å²) in [4.78, 5) is 19.5. The topological polar surface area (TPSA) is 75.1 Å². The number of carbonyl (C=O) groups excluding carboxylic acids is 1. The van der Waals surface area contributed by atoms with E-state index in [4.69, 9.17) is 5.11 Å². The molecule has 0 unspecified atom stereocenters. The highest BCUT2D eigenvalue weighted by atomic mass is 19.1. The second kappa shape index (κ2) is 5.16. The summed E-state index contributed by atoms with van der Waals surface area (Å²) in [5, 5.41) is 12.5. The largest absolute Gasteiger partial charge is 0.493 e. The molecule has 0 aliphatic rings. The number of rotatable bonds is 2. The molecule has 104 valence electrons. The minimum Gasteiger partial charge on any atom is -0.493 e. The summed E-state index contributed by atoms with van der Waals surface area (Å²) in [6.45, 7) is 0. The fourth-order valence-corrected chi connectivity index (χ4v) is 1.99. The molecule has 5 nitrogen and oxygen atoms in total. The molecule has 0 saturated carbocycles. The second-order valence-electron chi connectivity index (χ2n) is 4.34. The van der Waals surface area contributed by atoms with Crippen LogP contribution < -0.4 is 5.32 Å². The lowest BCUT2D eigenvalue weighted by Crippen LogP contribution is -2.14. The number of aromatic hydroxyl groups is 1. The van der Waals surface area contributed by atoms with E-state index in [1.54, 1.807) is 24.4 Å². The Morgan fingerprint density at radius 3 is 2.76 bits per heavy atom. The van der Waals surface area contributed by atoms with E-state index in [1.807, 2.05) is 12.1 Å². The molecule has 1 amide bonds. The summed E-state index contributed by atoms with van der Waals surface area (Å²) in [5.41, 5.74) is 0.840. The summed E-state index contributed by atoms with van der Waals surface area (Å²) < 4.78 is 13.6.